The van der Waals surface area contributed by atoms with Crippen LogP contribution in [0.25, 0.3) is 0 Å². The molecule has 0 aliphatic carbocycles. The van der Waals surface area contributed by atoms with E-state index in [1.54, 1.807) is 7.11 Å². The molecule has 0 saturated carbocycles. The monoisotopic (exact) mass is 370 g/mol. The second-order valence-electron chi connectivity index (χ2n) is 7.10. The summed E-state index contributed by atoms with van der Waals surface area (Å²) in [6.45, 7) is 9.63. The zero-order valence-electron chi connectivity index (χ0n) is 16.8. The Morgan fingerprint density at radius 2 is 2.04 bits per heavy atom. The molecular formula is C21H30N4O2. The molecule has 1 aliphatic rings. The van der Waals surface area contributed by atoms with Crippen LogP contribution in [0.3, 0.4) is 0 Å². The maximum absolute atomic E-state index is 12.9. The number of aryl methyl sites for hydroxylation is 1. The van der Waals surface area contributed by atoms with Gasteiger partial charge in [-0.3, -0.25) is 14.4 Å². The van der Waals surface area contributed by atoms with Crippen LogP contribution < -0.4 is 10.1 Å². The van der Waals surface area contributed by atoms with Gasteiger partial charge in [-0.05, 0) is 38.0 Å². The summed E-state index contributed by atoms with van der Waals surface area (Å²) in [6, 6.07) is 8.24. The first-order chi connectivity index (χ1) is 13.1. The molecule has 6 nitrogen and oxygen atoms in total. The zero-order valence-corrected chi connectivity index (χ0v) is 16.8. The number of hydrogen-bond donors (Lipinski definition) is 1. The van der Waals surface area contributed by atoms with Gasteiger partial charge in [-0.2, -0.15) is 5.10 Å². The van der Waals surface area contributed by atoms with Crippen molar-refractivity contribution in [2.24, 2.45) is 0 Å². The van der Waals surface area contributed by atoms with E-state index in [-0.39, 0.29) is 5.91 Å². The van der Waals surface area contributed by atoms with Gasteiger partial charge in [0.2, 0.25) is 0 Å². The number of nitrogens with one attached hydrogen (secondary N) is 1. The second kappa shape index (κ2) is 8.57. The third-order valence-electron chi connectivity index (χ3n) is 5.50. The van der Waals surface area contributed by atoms with Crippen LogP contribution in [0.2, 0.25) is 0 Å². The number of aromatic nitrogens is 2. The average Bonchev–Trinajstić information content (AvgIpc) is 3.09. The molecule has 1 aromatic carbocycles. The molecule has 1 N–H and O–H groups in total. The van der Waals surface area contributed by atoms with Crippen LogP contribution >= 0.6 is 0 Å². The van der Waals surface area contributed by atoms with Crippen molar-refractivity contribution in [2.45, 2.75) is 59.3 Å². The van der Waals surface area contributed by atoms with Gasteiger partial charge in [-0.25, -0.2) is 0 Å². The number of nitrogens with zero attached hydrogens (tertiary/aromatic N) is 3. The molecule has 0 spiro atoms. The minimum atomic E-state index is -0.0970. The molecule has 0 saturated heterocycles. The average molecular weight is 370 g/mol. The van der Waals surface area contributed by atoms with Gasteiger partial charge >= 0.3 is 0 Å². The normalized spacial score (nSPS) is 15.3. The molecule has 1 amide bonds. The maximum Gasteiger partial charge on any atom is 0.272 e. The van der Waals surface area contributed by atoms with Gasteiger partial charge in [0.15, 0.2) is 5.69 Å². The molecular weight excluding hydrogens is 340 g/mol. The van der Waals surface area contributed by atoms with Crippen molar-refractivity contribution in [3.05, 3.63) is 46.8 Å². The van der Waals surface area contributed by atoms with E-state index in [9.17, 15) is 4.79 Å². The Morgan fingerprint density at radius 1 is 1.30 bits per heavy atom. The number of ether oxygens (including phenoxy) is 1. The molecule has 1 aromatic heterocycles. The van der Waals surface area contributed by atoms with E-state index in [0.717, 1.165) is 49.4 Å². The highest BCUT2D eigenvalue weighted by Gasteiger charge is 2.29. The van der Waals surface area contributed by atoms with E-state index in [2.05, 4.69) is 36.1 Å². The van der Waals surface area contributed by atoms with Gasteiger partial charge < -0.3 is 10.1 Å². The van der Waals surface area contributed by atoms with Gasteiger partial charge in [-0.1, -0.05) is 19.1 Å². The number of carbonyl (C=O) groups is 1. The molecule has 1 unspecified atom stereocenters. The minimum absolute atomic E-state index is 0.0970. The fraction of sp³-hybridized carbons (Fsp3) is 0.524. The molecule has 1 aliphatic heterocycles. The van der Waals surface area contributed by atoms with Crippen LogP contribution in [0, 0.1) is 0 Å². The molecule has 3 rings (SSSR count). The van der Waals surface area contributed by atoms with Crippen LogP contribution in [0.5, 0.6) is 5.75 Å². The number of amides is 1. The highest BCUT2D eigenvalue weighted by atomic mass is 16.5. The molecule has 146 valence electrons. The van der Waals surface area contributed by atoms with Crippen LogP contribution in [-0.2, 0) is 26.1 Å². The Hall–Kier alpha value is -2.34. The molecule has 0 bridgehead atoms. The zero-order chi connectivity index (χ0) is 19.4. The number of methoxy groups -OCH3 is 1. The van der Waals surface area contributed by atoms with Crippen LogP contribution in [0.1, 0.15) is 54.5 Å². The van der Waals surface area contributed by atoms with Crippen molar-refractivity contribution in [3.8, 4) is 5.75 Å². The highest BCUT2D eigenvalue weighted by Crippen LogP contribution is 2.25. The Kier molecular flexibility index (Phi) is 6.16. The summed E-state index contributed by atoms with van der Waals surface area (Å²) in [5, 5.41) is 7.65. The van der Waals surface area contributed by atoms with E-state index in [1.165, 1.54) is 5.69 Å². The van der Waals surface area contributed by atoms with Gasteiger partial charge in [-0.15, -0.1) is 0 Å². The fourth-order valence-electron chi connectivity index (χ4n) is 3.60. The third kappa shape index (κ3) is 4.16. The van der Waals surface area contributed by atoms with Gasteiger partial charge in [0.1, 0.15) is 5.75 Å². The summed E-state index contributed by atoms with van der Waals surface area (Å²) in [4.78, 5) is 15.3. The van der Waals surface area contributed by atoms with Crippen LogP contribution in [-0.4, -0.2) is 40.3 Å². The Morgan fingerprint density at radius 3 is 2.67 bits per heavy atom. The van der Waals surface area contributed by atoms with Crippen molar-refractivity contribution in [1.29, 1.82) is 0 Å². The van der Waals surface area contributed by atoms with Gasteiger partial charge in [0, 0.05) is 49.9 Å². The standard InChI is InChI=1S/C21H30N4O2/c1-5-15(3)24-12-11-19-18(14-24)20(23-25(19)6-2)21(26)22-13-16-7-9-17(27-4)10-8-16/h7-10,15H,5-6,11-14H2,1-4H3,(H,22,26). The minimum Gasteiger partial charge on any atom is -0.497 e. The van der Waals surface area contributed by atoms with Crippen LogP contribution in [0.4, 0.5) is 0 Å². The van der Waals surface area contributed by atoms with Gasteiger partial charge in [0.05, 0.1) is 7.11 Å². The Labute approximate surface area is 161 Å². The number of fused-ring (bicyclic) bond motifs is 1. The Balaban J connectivity index is 1.75. The quantitative estimate of drug-likeness (QED) is 0.814. The maximum atomic E-state index is 12.9. The molecule has 0 fully saturated rings. The number of carbonyl (C=O) groups excluding carboxylic acids is 1. The number of hydrogen-bond acceptors (Lipinski definition) is 4. The largest absolute Gasteiger partial charge is 0.497 e. The summed E-state index contributed by atoms with van der Waals surface area (Å²) >= 11 is 0. The van der Waals surface area contributed by atoms with E-state index in [4.69, 9.17) is 4.74 Å². The predicted octanol–water partition coefficient (Wildman–Crippen LogP) is 3.00. The molecule has 2 aromatic rings. The second-order valence-corrected chi connectivity index (χ2v) is 7.10. The van der Waals surface area contributed by atoms with Crippen molar-refractivity contribution >= 4 is 5.91 Å². The number of rotatable bonds is 7. The summed E-state index contributed by atoms with van der Waals surface area (Å²) in [6.07, 6.45) is 2.06. The molecule has 27 heavy (non-hydrogen) atoms. The Bertz CT molecular complexity index is 782. The molecule has 0 radical (unpaired) electrons. The summed E-state index contributed by atoms with van der Waals surface area (Å²) in [5.41, 5.74) is 3.92. The lowest BCUT2D eigenvalue weighted by molar-refractivity contribution is 0.0941. The van der Waals surface area contributed by atoms with Crippen molar-refractivity contribution in [3.63, 3.8) is 0 Å². The SMILES string of the molecule is CCC(C)N1CCc2c(c(C(=O)NCc3ccc(OC)cc3)nn2CC)C1. The topological polar surface area (TPSA) is 59.4 Å². The molecule has 1 atom stereocenters. The first-order valence-corrected chi connectivity index (χ1v) is 9.81. The summed E-state index contributed by atoms with van der Waals surface area (Å²) in [5.74, 6) is 0.714. The highest BCUT2D eigenvalue weighted by molar-refractivity contribution is 5.94. The predicted molar refractivity (Wildman–Crippen MR) is 106 cm³/mol. The first kappa shape index (κ1) is 19.4. The van der Waals surface area contributed by atoms with Gasteiger partial charge in [0.25, 0.3) is 5.91 Å². The van der Waals surface area contributed by atoms with Crippen LogP contribution in [0.15, 0.2) is 24.3 Å². The lowest BCUT2D eigenvalue weighted by atomic mass is 10.0. The van der Waals surface area contributed by atoms with E-state index in [1.807, 2.05) is 28.9 Å². The third-order valence-corrected chi connectivity index (χ3v) is 5.50. The first-order valence-electron chi connectivity index (χ1n) is 9.81. The lowest BCUT2D eigenvalue weighted by Gasteiger charge is -2.32. The van der Waals surface area contributed by atoms with Crippen molar-refractivity contribution < 1.29 is 9.53 Å². The molecule has 6 heteroatoms. The fourth-order valence-corrected chi connectivity index (χ4v) is 3.60. The van der Waals surface area contributed by atoms with Crippen molar-refractivity contribution in [1.82, 2.24) is 20.0 Å². The van der Waals surface area contributed by atoms with Crippen molar-refractivity contribution in [2.75, 3.05) is 13.7 Å². The summed E-state index contributed by atoms with van der Waals surface area (Å²) < 4.78 is 7.17. The van der Waals surface area contributed by atoms with E-state index >= 15 is 0 Å². The summed E-state index contributed by atoms with van der Waals surface area (Å²) in [7, 11) is 1.65. The lowest BCUT2D eigenvalue weighted by Crippen LogP contribution is -2.38. The molecule has 2 heterocycles. The smallest absolute Gasteiger partial charge is 0.272 e. The van der Waals surface area contributed by atoms with E-state index in [0.29, 0.717) is 18.3 Å². The number of benzene rings is 1. The van der Waals surface area contributed by atoms with E-state index < -0.39 is 0 Å².